The third kappa shape index (κ3) is 6.58. The zero-order valence-corrected chi connectivity index (χ0v) is 23.9. The number of nitrogens with one attached hydrogen (secondary N) is 1. The molecule has 2 aromatic carbocycles. The van der Waals surface area contributed by atoms with E-state index >= 15 is 0 Å². The quantitative estimate of drug-likeness (QED) is 0.138. The standard InChI is InChI=1S/C29H30N4O4S2/c1-6-13-33-24(15-20-9-11-21(36-4)12-10-20)31-32-29(33)39-17-25(34)30-27-26(28(35)37-5)23(16-38-27)22-14-18(2)7-8-19(22)3/h6-12,14,16H,1,13,15,17H2,2-5H3,(H,30,34). The zero-order valence-electron chi connectivity index (χ0n) is 22.3. The first-order valence-corrected chi connectivity index (χ1v) is 14.1. The molecule has 2 heterocycles. The van der Waals surface area contributed by atoms with E-state index in [1.54, 1.807) is 13.2 Å². The lowest BCUT2D eigenvalue weighted by molar-refractivity contribution is -0.113. The highest BCUT2D eigenvalue weighted by molar-refractivity contribution is 7.99. The minimum atomic E-state index is -0.496. The molecule has 8 nitrogen and oxygen atoms in total. The fraction of sp³-hybridized carbons (Fsp3) is 0.241. The molecule has 1 amide bonds. The maximum atomic E-state index is 13.0. The summed E-state index contributed by atoms with van der Waals surface area (Å²) in [5, 5.41) is 14.5. The molecule has 0 spiro atoms. The molecule has 0 unspecified atom stereocenters. The van der Waals surface area contributed by atoms with Crippen LogP contribution in [0.4, 0.5) is 5.00 Å². The van der Waals surface area contributed by atoms with Gasteiger partial charge >= 0.3 is 5.97 Å². The molecule has 4 rings (SSSR count). The van der Waals surface area contributed by atoms with Gasteiger partial charge in [0.15, 0.2) is 5.16 Å². The summed E-state index contributed by atoms with van der Waals surface area (Å²) in [7, 11) is 2.97. The Labute approximate surface area is 236 Å². The molecule has 0 radical (unpaired) electrons. The topological polar surface area (TPSA) is 95.3 Å². The number of methoxy groups -OCH3 is 2. The Morgan fingerprint density at radius 1 is 1.10 bits per heavy atom. The normalized spacial score (nSPS) is 10.8. The van der Waals surface area contributed by atoms with Crippen molar-refractivity contribution in [3.63, 3.8) is 0 Å². The second kappa shape index (κ2) is 12.8. The summed E-state index contributed by atoms with van der Waals surface area (Å²) in [5.41, 5.74) is 5.20. The van der Waals surface area contributed by atoms with Gasteiger partial charge in [-0.15, -0.1) is 28.1 Å². The van der Waals surface area contributed by atoms with E-state index in [1.807, 2.05) is 66.3 Å². The number of amides is 1. The molecule has 39 heavy (non-hydrogen) atoms. The molecule has 0 saturated heterocycles. The van der Waals surface area contributed by atoms with Crippen LogP contribution >= 0.6 is 23.1 Å². The summed E-state index contributed by atoms with van der Waals surface area (Å²) < 4.78 is 12.2. The first kappa shape index (κ1) is 28.1. The molecule has 4 aromatic rings. The van der Waals surface area contributed by atoms with Gasteiger partial charge in [0.25, 0.3) is 0 Å². The molecule has 1 N–H and O–H groups in total. The predicted molar refractivity (Wildman–Crippen MR) is 156 cm³/mol. The molecular formula is C29H30N4O4S2. The smallest absolute Gasteiger partial charge is 0.341 e. The predicted octanol–water partition coefficient (Wildman–Crippen LogP) is 5.93. The number of thiophene rings is 1. The number of rotatable bonds is 11. The number of benzene rings is 2. The van der Waals surface area contributed by atoms with Gasteiger partial charge in [0.2, 0.25) is 5.91 Å². The van der Waals surface area contributed by atoms with Gasteiger partial charge in [0.1, 0.15) is 22.1 Å². The highest BCUT2D eigenvalue weighted by Crippen LogP contribution is 2.38. The van der Waals surface area contributed by atoms with Crippen LogP contribution in [0, 0.1) is 13.8 Å². The summed E-state index contributed by atoms with van der Waals surface area (Å²) in [5.74, 6) is 0.895. The van der Waals surface area contributed by atoms with Gasteiger partial charge in [0, 0.05) is 23.9 Å². The Morgan fingerprint density at radius 3 is 2.56 bits per heavy atom. The van der Waals surface area contributed by atoms with Crippen LogP contribution in [0.1, 0.15) is 32.9 Å². The van der Waals surface area contributed by atoms with Crippen molar-refractivity contribution in [3.05, 3.63) is 88.6 Å². The van der Waals surface area contributed by atoms with Crippen LogP contribution in [0.2, 0.25) is 0 Å². The lowest BCUT2D eigenvalue weighted by Gasteiger charge is -2.10. The highest BCUT2D eigenvalue weighted by Gasteiger charge is 2.24. The Hall–Kier alpha value is -3.89. The number of hydrogen-bond acceptors (Lipinski definition) is 8. The Balaban J connectivity index is 1.49. The molecule has 0 aliphatic heterocycles. The molecule has 0 atom stereocenters. The summed E-state index contributed by atoms with van der Waals surface area (Å²) in [6, 6.07) is 13.8. The van der Waals surface area contributed by atoms with E-state index < -0.39 is 5.97 Å². The number of nitrogens with zero attached hydrogens (tertiary/aromatic N) is 3. The van der Waals surface area contributed by atoms with Gasteiger partial charge in [-0.2, -0.15) is 0 Å². The number of anilines is 1. The lowest BCUT2D eigenvalue weighted by Crippen LogP contribution is -2.16. The maximum absolute atomic E-state index is 13.0. The number of esters is 1. The Morgan fingerprint density at radius 2 is 1.87 bits per heavy atom. The van der Waals surface area contributed by atoms with E-state index in [1.165, 1.54) is 30.2 Å². The molecule has 2 aromatic heterocycles. The molecule has 10 heteroatoms. The SMILES string of the molecule is C=CCn1c(Cc2ccc(OC)cc2)nnc1SCC(=O)Nc1scc(-c2cc(C)ccc2C)c1C(=O)OC. The highest BCUT2D eigenvalue weighted by atomic mass is 32.2. The third-order valence-corrected chi connectivity index (χ3v) is 7.94. The number of aromatic nitrogens is 3. The van der Waals surface area contributed by atoms with Crippen molar-refractivity contribution >= 4 is 40.0 Å². The second-order valence-electron chi connectivity index (χ2n) is 8.82. The average molecular weight is 563 g/mol. The van der Waals surface area contributed by atoms with Crippen molar-refractivity contribution in [2.45, 2.75) is 32.0 Å². The number of carbonyl (C=O) groups excluding carboxylic acids is 2. The van der Waals surface area contributed by atoms with Crippen LogP contribution in [-0.2, 0) is 22.5 Å². The van der Waals surface area contributed by atoms with E-state index in [9.17, 15) is 9.59 Å². The minimum absolute atomic E-state index is 0.0924. The van der Waals surface area contributed by atoms with Crippen LogP contribution < -0.4 is 10.1 Å². The van der Waals surface area contributed by atoms with E-state index in [-0.39, 0.29) is 11.7 Å². The molecular weight excluding hydrogens is 532 g/mol. The van der Waals surface area contributed by atoms with Crippen molar-refractivity contribution in [1.29, 1.82) is 0 Å². The van der Waals surface area contributed by atoms with Gasteiger partial charge in [-0.05, 0) is 42.7 Å². The van der Waals surface area contributed by atoms with Gasteiger partial charge in [-0.25, -0.2) is 4.79 Å². The van der Waals surface area contributed by atoms with Crippen LogP contribution in [-0.4, -0.2) is 46.6 Å². The maximum Gasteiger partial charge on any atom is 0.341 e. The lowest BCUT2D eigenvalue weighted by atomic mass is 9.97. The number of thioether (sulfide) groups is 1. The third-order valence-electron chi connectivity index (χ3n) is 6.08. The summed E-state index contributed by atoms with van der Waals surface area (Å²) in [6.07, 6.45) is 2.35. The number of aryl methyl sites for hydroxylation is 2. The molecule has 202 valence electrons. The minimum Gasteiger partial charge on any atom is -0.497 e. The van der Waals surface area contributed by atoms with E-state index in [0.29, 0.717) is 28.7 Å². The Kier molecular flexibility index (Phi) is 9.21. The van der Waals surface area contributed by atoms with Crippen LogP contribution in [0.25, 0.3) is 11.1 Å². The first-order chi connectivity index (χ1) is 18.8. The van der Waals surface area contributed by atoms with E-state index in [0.717, 1.165) is 39.4 Å². The van der Waals surface area contributed by atoms with Crippen molar-refractivity contribution < 1.29 is 19.1 Å². The number of carbonyl (C=O) groups is 2. The van der Waals surface area contributed by atoms with Gasteiger partial charge in [-0.1, -0.05) is 53.7 Å². The largest absolute Gasteiger partial charge is 0.497 e. The first-order valence-electron chi connectivity index (χ1n) is 12.2. The van der Waals surface area contributed by atoms with Crippen LogP contribution in [0.5, 0.6) is 5.75 Å². The second-order valence-corrected chi connectivity index (χ2v) is 10.6. The van der Waals surface area contributed by atoms with Gasteiger partial charge in [0.05, 0.1) is 20.0 Å². The van der Waals surface area contributed by atoms with Gasteiger partial charge in [-0.3, -0.25) is 4.79 Å². The summed E-state index contributed by atoms with van der Waals surface area (Å²) >= 11 is 2.58. The van der Waals surface area contributed by atoms with Crippen LogP contribution in [0.3, 0.4) is 0 Å². The molecule has 0 fully saturated rings. The summed E-state index contributed by atoms with van der Waals surface area (Å²) in [6.45, 7) is 8.35. The van der Waals surface area contributed by atoms with E-state index in [4.69, 9.17) is 9.47 Å². The fourth-order valence-electron chi connectivity index (χ4n) is 4.07. The van der Waals surface area contributed by atoms with E-state index in [2.05, 4.69) is 22.1 Å². The van der Waals surface area contributed by atoms with Crippen molar-refractivity contribution in [2.24, 2.45) is 0 Å². The molecule has 0 bridgehead atoms. The van der Waals surface area contributed by atoms with Crippen molar-refractivity contribution in [2.75, 3.05) is 25.3 Å². The summed E-state index contributed by atoms with van der Waals surface area (Å²) in [4.78, 5) is 25.7. The fourth-order valence-corrected chi connectivity index (χ4v) is 5.80. The van der Waals surface area contributed by atoms with Crippen molar-refractivity contribution in [3.8, 4) is 16.9 Å². The van der Waals surface area contributed by atoms with Crippen LogP contribution in [0.15, 0.2) is 65.7 Å². The molecule has 0 aliphatic carbocycles. The average Bonchev–Trinajstić information content (AvgIpc) is 3.52. The number of ether oxygens (including phenoxy) is 2. The van der Waals surface area contributed by atoms with Gasteiger partial charge < -0.3 is 19.4 Å². The zero-order chi connectivity index (χ0) is 27.9. The number of hydrogen-bond donors (Lipinski definition) is 1. The molecule has 0 aliphatic rings. The monoisotopic (exact) mass is 562 g/mol. The number of allylic oxidation sites excluding steroid dienone is 1. The Bertz CT molecular complexity index is 1490. The van der Waals surface area contributed by atoms with Crippen molar-refractivity contribution in [1.82, 2.24) is 14.8 Å². The molecule has 0 saturated carbocycles.